The molecule has 20 heavy (non-hydrogen) atoms. The number of aliphatic hydroxyl groups excluding tert-OH is 1. The second-order valence-electron chi connectivity index (χ2n) is 4.92. The van der Waals surface area contributed by atoms with Gasteiger partial charge < -0.3 is 10.0 Å². The number of nitrogens with zero attached hydrogens (tertiary/aromatic N) is 1. The van der Waals surface area contributed by atoms with E-state index >= 15 is 0 Å². The van der Waals surface area contributed by atoms with Crippen LogP contribution in [0.1, 0.15) is 31.1 Å². The summed E-state index contributed by atoms with van der Waals surface area (Å²) in [6.07, 6.45) is -0.660. The topological polar surface area (TPSA) is 23.5 Å². The minimum absolute atomic E-state index is 0.312. The van der Waals surface area contributed by atoms with Crippen molar-refractivity contribution in [2.24, 2.45) is 0 Å². The van der Waals surface area contributed by atoms with E-state index in [9.17, 15) is 9.50 Å². The first-order chi connectivity index (χ1) is 9.54. The van der Waals surface area contributed by atoms with Crippen LogP contribution in [0, 0.1) is 12.7 Å². The summed E-state index contributed by atoms with van der Waals surface area (Å²) in [4.78, 5) is 1.94. The van der Waals surface area contributed by atoms with E-state index in [0.29, 0.717) is 17.8 Å². The average molecular weight is 273 g/mol. The molecule has 3 heteroatoms. The lowest BCUT2D eigenvalue weighted by Gasteiger charge is -2.26. The van der Waals surface area contributed by atoms with Crippen molar-refractivity contribution in [2.75, 3.05) is 11.4 Å². The molecule has 0 aliphatic rings. The normalized spacial score (nSPS) is 12.2. The Kier molecular flexibility index (Phi) is 4.40. The van der Waals surface area contributed by atoms with Gasteiger partial charge in [0.1, 0.15) is 5.82 Å². The largest absolute Gasteiger partial charge is 0.389 e. The third kappa shape index (κ3) is 2.83. The molecule has 0 spiro atoms. The van der Waals surface area contributed by atoms with Crippen molar-refractivity contribution in [1.29, 1.82) is 0 Å². The monoisotopic (exact) mass is 273 g/mol. The number of aliphatic hydroxyl groups is 1. The molecule has 0 radical (unpaired) electrons. The number of anilines is 2. The van der Waals surface area contributed by atoms with Crippen LogP contribution in [0.15, 0.2) is 42.5 Å². The smallest absolute Gasteiger partial charge is 0.147 e. The molecule has 0 saturated heterocycles. The Bertz CT molecular complexity index is 595. The Morgan fingerprint density at radius 2 is 1.85 bits per heavy atom. The van der Waals surface area contributed by atoms with Crippen LogP contribution in [-0.4, -0.2) is 11.7 Å². The van der Waals surface area contributed by atoms with Crippen LogP contribution in [0.5, 0.6) is 0 Å². The van der Waals surface area contributed by atoms with Crippen molar-refractivity contribution in [3.63, 3.8) is 0 Å². The van der Waals surface area contributed by atoms with E-state index in [4.69, 9.17) is 0 Å². The highest BCUT2D eigenvalue weighted by Crippen LogP contribution is 2.31. The second-order valence-corrected chi connectivity index (χ2v) is 4.92. The van der Waals surface area contributed by atoms with Gasteiger partial charge in [0.2, 0.25) is 0 Å². The quantitative estimate of drug-likeness (QED) is 0.895. The molecule has 0 aliphatic carbocycles. The molecule has 0 aromatic heterocycles. The highest BCUT2D eigenvalue weighted by molar-refractivity contribution is 5.66. The molecule has 0 bridgehead atoms. The number of hydrogen-bond acceptors (Lipinski definition) is 2. The zero-order valence-electron chi connectivity index (χ0n) is 12.1. The summed E-state index contributed by atoms with van der Waals surface area (Å²) < 4.78 is 14.3. The maximum absolute atomic E-state index is 14.3. The van der Waals surface area contributed by atoms with Gasteiger partial charge in [-0.05, 0) is 50.1 Å². The van der Waals surface area contributed by atoms with Gasteiger partial charge in [0.15, 0.2) is 0 Å². The minimum atomic E-state index is -0.660. The molecular formula is C17H20FNO. The van der Waals surface area contributed by atoms with Gasteiger partial charge in [0.25, 0.3) is 0 Å². The number of aryl methyl sites for hydroxylation is 1. The minimum Gasteiger partial charge on any atom is -0.389 e. The molecule has 2 nitrogen and oxygen atoms in total. The Morgan fingerprint density at radius 1 is 1.15 bits per heavy atom. The van der Waals surface area contributed by atoms with E-state index in [1.165, 1.54) is 6.07 Å². The molecule has 0 fully saturated rings. The van der Waals surface area contributed by atoms with Gasteiger partial charge in [-0.2, -0.15) is 0 Å². The van der Waals surface area contributed by atoms with Crippen LogP contribution in [0.25, 0.3) is 0 Å². The zero-order chi connectivity index (χ0) is 14.7. The molecule has 0 aliphatic heterocycles. The van der Waals surface area contributed by atoms with Gasteiger partial charge in [0.05, 0.1) is 11.8 Å². The third-order valence-corrected chi connectivity index (χ3v) is 3.47. The summed E-state index contributed by atoms with van der Waals surface area (Å²) in [6, 6.07) is 12.8. The number of hydrogen-bond donors (Lipinski definition) is 1. The van der Waals surface area contributed by atoms with Crippen LogP contribution < -0.4 is 4.90 Å². The highest BCUT2D eigenvalue weighted by Gasteiger charge is 2.15. The van der Waals surface area contributed by atoms with Crippen molar-refractivity contribution >= 4 is 11.4 Å². The van der Waals surface area contributed by atoms with E-state index < -0.39 is 6.10 Å². The molecule has 0 amide bonds. The van der Waals surface area contributed by atoms with Gasteiger partial charge >= 0.3 is 0 Å². The fourth-order valence-corrected chi connectivity index (χ4v) is 2.34. The first kappa shape index (κ1) is 14.5. The van der Waals surface area contributed by atoms with Crippen LogP contribution in [0.3, 0.4) is 0 Å². The number of para-hydroxylation sites is 1. The molecule has 0 saturated carbocycles. The molecule has 2 aromatic carbocycles. The fraction of sp³-hybridized carbons (Fsp3) is 0.294. The lowest BCUT2D eigenvalue weighted by atomic mass is 10.1. The lowest BCUT2D eigenvalue weighted by Crippen LogP contribution is -2.18. The van der Waals surface area contributed by atoms with Crippen molar-refractivity contribution in [3.8, 4) is 0 Å². The van der Waals surface area contributed by atoms with E-state index in [1.54, 1.807) is 19.1 Å². The molecule has 2 rings (SSSR count). The summed E-state index contributed by atoms with van der Waals surface area (Å²) >= 11 is 0. The van der Waals surface area contributed by atoms with Crippen LogP contribution in [0.2, 0.25) is 0 Å². The van der Waals surface area contributed by atoms with Gasteiger partial charge in [-0.3, -0.25) is 0 Å². The van der Waals surface area contributed by atoms with Gasteiger partial charge in [0, 0.05) is 12.2 Å². The molecule has 0 heterocycles. The van der Waals surface area contributed by atoms with E-state index in [-0.39, 0.29) is 5.82 Å². The van der Waals surface area contributed by atoms with Crippen molar-refractivity contribution in [3.05, 3.63) is 59.4 Å². The van der Waals surface area contributed by atoms with E-state index in [2.05, 4.69) is 0 Å². The number of halogens is 1. The summed E-state index contributed by atoms with van der Waals surface area (Å²) in [5.74, 6) is -0.312. The van der Waals surface area contributed by atoms with Crippen LogP contribution in [-0.2, 0) is 0 Å². The van der Waals surface area contributed by atoms with E-state index in [1.807, 2.05) is 43.0 Å². The predicted octanol–water partition coefficient (Wildman–Crippen LogP) is 4.35. The molecule has 0 unspecified atom stereocenters. The molecule has 1 N–H and O–H groups in total. The third-order valence-electron chi connectivity index (χ3n) is 3.47. The standard InChI is InChI=1S/C17H20FNO/c1-4-19(16-8-6-5-7-12(16)2)17-10-9-14(13(3)20)11-15(17)18/h5-11,13,20H,4H2,1-3H3/t13-/m1/s1. The Hall–Kier alpha value is -1.87. The van der Waals surface area contributed by atoms with Gasteiger partial charge in [-0.25, -0.2) is 4.39 Å². The first-order valence-electron chi connectivity index (χ1n) is 6.85. The van der Waals surface area contributed by atoms with Crippen molar-refractivity contribution in [2.45, 2.75) is 26.9 Å². The number of rotatable bonds is 4. The van der Waals surface area contributed by atoms with Gasteiger partial charge in [-0.1, -0.05) is 24.3 Å². The predicted molar refractivity (Wildman–Crippen MR) is 80.9 cm³/mol. The molecule has 2 aromatic rings. The molecule has 106 valence electrons. The van der Waals surface area contributed by atoms with Crippen molar-refractivity contribution in [1.82, 2.24) is 0 Å². The van der Waals surface area contributed by atoms with Crippen molar-refractivity contribution < 1.29 is 9.50 Å². The Labute approximate surface area is 119 Å². The highest BCUT2D eigenvalue weighted by atomic mass is 19.1. The Balaban J connectivity index is 2.45. The Morgan fingerprint density at radius 3 is 2.40 bits per heavy atom. The summed E-state index contributed by atoms with van der Waals surface area (Å²) in [5.41, 5.74) is 3.23. The average Bonchev–Trinajstić information content (AvgIpc) is 2.43. The number of benzene rings is 2. The lowest BCUT2D eigenvalue weighted by molar-refractivity contribution is 0.199. The zero-order valence-corrected chi connectivity index (χ0v) is 12.1. The van der Waals surface area contributed by atoms with Gasteiger partial charge in [-0.15, -0.1) is 0 Å². The maximum atomic E-state index is 14.3. The van der Waals surface area contributed by atoms with E-state index in [0.717, 1.165) is 11.3 Å². The first-order valence-corrected chi connectivity index (χ1v) is 6.85. The SMILES string of the molecule is CCN(c1ccccc1C)c1ccc([C@@H](C)O)cc1F. The van der Waals surface area contributed by atoms with Crippen LogP contribution >= 0.6 is 0 Å². The molecular weight excluding hydrogens is 253 g/mol. The second kappa shape index (κ2) is 6.06. The van der Waals surface area contributed by atoms with Crippen LogP contribution in [0.4, 0.5) is 15.8 Å². The fourth-order valence-electron chi connectivity index (χ4n) is 2.34. The summed E-state index contributed by atoms with van der Waals surface area (Å²) in [7, 11) is 0. The maximum Gasteiger partial charge on any atom is 0.147 e. The summed E-state index contributed by atoms with van der Waals surface area (Å²) in [6.45, 7) is 6.32. The summed E-state index contributed by atoms with van der Waals surface area (Å²) in [5, 5.41) is 9.52. The molecule has 1 atom stereocenters.